The first-order valence-corrected chi connectivity index (χ1v) is 6.01. The van der Waals surface area contributed by atoms with Crippen LogP contribution in [0.2, 0.25) is 0 Å². The Morgan fingerprint density at radius 3 is 2.81 bits per heavy atom. The summed E-state index contributed by atoms with van der Waals surface area (Å²) < 4.78 is 1.42. The molecule has 5 nitrogen and oxygen atoms in total. The summed E-state index contributed by atoms with van der Waals surface area (Å²) in [6.45, 7) is 3.60. The number of carbonyl (C=O) groups is 1. The van der Waals surface area contributed by atoms with E-state index >= 15 is 0 Å². The molecule has 1 rings (SSSR count). The van der Waals surface area contributed by atoms with Gasteiger partial charge in [-0.05, 0) is 13.3 Å². The van der Waals surface area contributed by atoms with Crippen molar-refractivity contribution >= 4 is 17.2 Å². The molecule has 1 atom stereocenters. The molecule has 0 bridgehead atoms. The summed E-state index contributed by atoms with van der Waals surface area (Å²) in [5, 5.41) is 13.3. The third-order valence-electron chi connectivity index (χ3n) is 2.36. The molecule has 1 amide bonds. The van der Waals surface area contributed by atoms with Crippen molar-refractivity contribution in [2.24, 2.45) is 0 Å². The number of aliphatic hydroxyl groups excluding tert-OH is 1. The van der Waals surface area contributed by atoms with Gasteiger partial charge in [-0.15, -0.1) is 0 Å². The number of rotatable bonds is 5. The lowest BCUT2D eigenvalue weighted by molar-refractivity contribution is -0.122. The lowest BCUT2D eigenvalue weighted by atomic mass is 10.2. The van der Waals surface area contributed by atoms with E-state index in [2.05, 4.69) is 5.32 Å². The monoisotopic (exact) mass is 244 g/mol. The van der Waals surface area contributed by atoms with Crippen molar-refractivity contribution in [3.8, 4) is 0 Å². The zero-order chi connectivity index (χ0) is 12.1. The minimum atomic E-state index is -0.246. The highest BCUT2D eigenvalue weighted by molar-refractivity contribution is 7.07. The number of nitrogens with zero attached hydrogens (tertiary/aromatic N) is 1. The van der Waals surface area contributed by atoms with Crippen molar-refractivity contribution in [2.45, 2.75) is 32.9 Å². The third kappa shape index (κ3) is 3.18. The van der Waals surface area contributed by atoms with Gasteiger partial charge in [0.05, 0.1) is 12.6 Å². The zero-order valence-corrected chi connectivity index (χ0v) is 10.2. The van der Waals surface area contributed by atoms with Crippen molar-refractivity contribution in [3.05, 3.63) is 20.7 Å². The molecule has 1 unspecified atom stereocenters. The fourth-order valence-electron chi connectivity index (χ4n) is 1.29. The van der Waals surface area contributed by atoms with E-state index in [0.29, 0.717) is 6.42 Å². The molecule has 0 aliphatic rings. The standard InChI is InChI=1S/C10H16N2O3S/c1-3-8(5-13)11-9(14)4-12-7(2)6-16-10(12)15/h6,8,13H,3-5H2,1-2H3,(H,11,14). The van der Waals surface area contributed by atoms with Crippen LogP contribution in [0.3, 0.4) is 0 Å². The number of carbonyl (C=O) groups excluding carboxylic acids is 1. The molecule has 16 heavy (non-hydrogen) atoms. The molecule has 0 saturated heterocycles. The van der Waals surface area contributed by atoms with Crippen molar-refractivity contribution < 1.29 is 9.90 Å². The predicted molar refractivity (Wildman–Crippen MR) is 62.6 cm³/mol. The second-order valence-electron chi connectivity index (χ2n) is 3.58. The number of thiazole rings is 1. The van der Waals surface area contributed by atoms with Crippen molar-refractivity contribution in [2.75, 3.05) is 6.61 Å². The summed E-state index contributed by atoms with van der Waals surface area (Å²) in [4.78, 5) is 22.8. The van der Waals surface area contributed by atoms with Crippen LogP contribution in [0.15, 0.2) is 10.2 Å². The van der Waals surface area contributed by atoms with Gasteiger partial charge in [0.15, 0.2) is 0 Å². The maximum absolute atomic E-state index is 11.6. The first-order chi connectivity index (χ1) is 7.58. The van der Waals surface area contributed by atoms with Gasteiger partial charge in [-0.2, -0.15) is 0 Å². The van der Waals surface area contributed by atoms with E-state index < -0.39 is 0 Å². The van der Waals surface area contributed by atoms with Gasteiger partial charge in [-0.1, -0.05) is 18.3 Å². The van der Waals surface area contributed by atoms with Crippen molar-refractivity contribution in [1.82, 2.24) is 9.88 Å². The Labute approximate surface area is 97.7 Å². The van der Waals surface area contributed by atoms with E-state index in [9.17, 15) is 9.59 Å². The smallest absolute Gasteiger partial charge is 0.307 e. The average Bonchev–Trinajstić information content (AvgIpc) is 2.57. The first-order valence-electron chi connectivity index (χ1n) is 5.13. The predicted octanol–water partition coefficient (Wildman–Crippen LogP) is 0.105. The Morgan fingerprint density at radius 1 is 1.69 bits per heavy atom. The number of aryl methyl sites for hydroxylation is 1. The molecule has 0 aromatic carbocycles. The lowest BCUT2D eigenvalue weighted by Gasteiger charge is -2.14. The van der Waals surface area contributed by atoms with Crippen LogP contribution < -0.4 is 10.2 Å². The molecule has 1 aromatic rings. The van der Waals surface area contributed by atoms with E-state index in [0.717, 1.165) is 17.0 Å². The third-order valence-corrected chi connectivity index (χ3v) is 3.24. The number of aromatic nitrogens is 1. The molecular formula is C10H16N2O3S. The molecule has 2 N–H and O–H groups in total. The fourth-order valence-corrected chi connectivity index (χ4v) is 2.02. The average molecular weight is 244 g/mol. The largest absolute Gasteiger partial charge is 0.394 e. The summed E-state index contributed by atoms with van der Waals surface area (Å²) in [6, 6.07) is -0.234. The molecule has 0 radical (unpaired) electrons. The summed E-state index contributed by atoms with van der Waals surface area (Å²) in [5.41, 5.74) is 0.780. The van der Waals surface area contributed by atoms with Crippen molar-refractivity contribution in [3.63, 3.8) is 0 Å². The van der Waals surface area contributed by atoms with Crippen LogP contribution in [0.4, 0.5) is 0 Å². The Hall–Kier alpha value is -1.14. The number of aliphatic hydroxyl groups is 1. The summed E-state index contributed by atoms with van der Waals surface area (Å²) in [7, 11) is 0. The van der Waals surface area contributed by atoms with E-state index in [1.54, 1.807) is 12.3 Å². The minimum Gasteiger partial charge on any atom is -0.394 e. The van der Waals surface area contributed by atoms with E-state index in [1.807, 2.05) is 6.92 Å². The van der Waals surface area contributed by atoms with Gasteiger partial charge < -0.3 is 10.4 Å². The maximum atomic E-state index is 11.6. The summed E-state index contributed by atoms with van der Waals surface area (Å²) >= 11 is 1.08. The molecule has 0 spiro atoms. The molecule has 1 heterocycles. The van der Waals surface area contributed by atoms with Crippen LogP contribution >= 0.6 is 11.3 Å². The van der Waals surface area contributed by atoms with Gasteiger partial charge in [0, 0.05) is 11.1 Å². The lowest BCUT2D eigenvalue weighted by Crippen LogP contribution is -2.40. The molecule has 0 aliphatic carbocycles. The second-order valence-corrected chi connectivity index (χ2v) is 4.41. The Kier molecular flexibility index (Phi) is 4.70. The fraction of sp³-hybridized carbons (Fsp3) is 0.600. The van der Waals surface area contributed by atoms with Crippen LogP contribution in [-0.2, 0) is 11.3 Å². The molecule has 0 aliphatic heterocycles. The molecule has 1 aromatic heterocycles. The zero-order valence-electron chi connectivity index (χ0n) is 9.40. The van der Waals surface area contributed by atoms with E-state index in [1.165, 1.54) is 4.57 Å². The highest BCUT2D eigenvalue weighted by Gasteiger charge is 2.11. The number of hydrogen-bond acceptors (Lipinski definition) is 4. The normalized spacial score (nSPS) is 12.4. The minimum absolute atomic E-state index is 0.0185. The number of amides is 1. The Balaban J connectivity index is 2.61. The molecular weight excluding hydrogens is 228 g/mol. The van der Waals surface area contributed by atoms with Crippen LogP contribution in [0.1, 0.15) is 19.0 Å². The SMILES string of the molecule is CCC(CO)NC(=O)Cn1c(C)csc1=O. The second kappa shape index (κ2) is 5.81. The van der Waals surface area contributed by atoms with Gasteiger partial charge in [-0.3, -0.25) is 14.2 Å². The highest BCUT2D eigenvalue weighted by Crippen LogP contribution is 1.99. The van der Waals surface area contributed by atoms with Gasteiger partial charge in [0.25, 0.3) is 0 Å². The summed E-state index contributed by atoms with van der Waals surface area (Å²) in [5.74, 6) is -0.246. The number of hydrogen-bond donors (Lipinski definition) is 2. The quantitative estimate of drug-likeness (QED) is 0.772. The molecule has 90 valence electrons. The van der Waals surface area contributed by atoms with E-state index in [-0.39, 0.29) is 30.0 Å². The highest BCUT2D eigenvalue weighted by atomic mass is 32.1. The van der Waals surface area contributed by atoms with Crippen LogP contribution in [-0.4, -0.2) is 28.2 Å². The number of nitrogens with one attached hydrogen (secondary N) is 1. The summed E-state index contributed by atoms with van der Waals surface area (Å²) in [6.07, 6.45) is 0.666. The van der Waals surface area contributed by atoms with Crippen molar-refractivity contribution in [1.29, 1.82) is 0 Å². The molecule has 6 heteroatoms. The van der Waals surface area contributed by atoms with E-state index in [4.69, 9.17) is 5.11 Å². The van der Waals surface area contributed by atoms with Gasteiger partial charge in [-0.25, -0.2) is 0 Å². The van der Waals surface area contributed by atoms with Gasteiger partial charge in [0.2, 0.25) is 5.91 Å². The van der Waals surface area contributed by atoms with Crippen LogP contribution in [0.5, 0.6) is 0 Å². The molecule has 0 saturated carbocycles. The van der Waals surface area contributed by atoms with Gasteiger partial charge >= 0.3 is 4.87 Å². The van der Waals surface area contributed by atoms with Gasteiger partial charge in [0.1, 0.15) is 6.54 Å². The molecule has 0 fully saturated rings. The van der Waals surface area contributed by atoms with Crippen LogP contribution in [0, 0.1) is 6.92 Å². The van der Waals surface area contributed by atoms with Crippen LogP contribution in [0.25, 0.3) is 0 Å². The first kappa shape index (κ1) is 12.9. The maximum Gasteiger partial charge on any atom is 0.307 e. The topological polar surface area (TPSA) is 71.3 Å². The Bertz CT molecular complexity index is 406. The Morgan fingerprint density at radius 2 is 2.38 bits per heavy atom.